The zero-order chi connectivity index (χ0) is 14.6. The molecule has 5 nitrogen and oxygen atoms in total. The Kier molecular flexibility index (Phi) is 4.52. The van der Waals surface area contributed by atoms with E-state index in [0.717, 1.165) is 13.0 Å². The molecule has 2 rings (SSSR count). The van der Waals surface area contributed by atoms with Crippen molar-refractivity contribution in [2.24, 2.45) is 0 Å². The van der Waals surface area contributed by atoms with Crippen LogP contribution in [0.1, 0.15) is 25.8 Å². The fraction of sp³-hybridized carbons (Fsp3) is 0.467. The molecular weight excluding hydrogens is 256 g/mol. The molecule has 0 aliphatic carbocycles. The minimum Gasteiger partial charge on any atom is -0.354 e. The molecule has 0 saturated carbocycles. The average Bonchev–Trinajstić information content (AvgIpc) is 2.71. The van der Waals surface area contributed by atoms with Gasteiger partial charge in [0.2, 0.25) is 5.60 Å². The van der Waals surface area contributed by atoms with Gasteiger partial charge in [0.25, 0.3) is 5.91 Å². The van der Waals surface area contributed by atoms with Crippen molar-refractivity contribution in [2.45, 2.75) is 31.9 Å². The van der Waals surface area contributed by atoms with Crippen molar-refractivity contribution in [3.8, 4) is 0 Å². The molecule has 0 fully saturated rings. The molecule has 5 heteroatoms. The fourth-order valence-electron chi connectivity index (χ4n) is 2.24. The first-order chi connectivity index (χ1) is 9.60. The number of rotatable bonds is 7. The smallest absolute Gasteiger partial charge is 0.268 e. The van der Waals surface area contributed by atoms with E-state index in [0.29, 0.717) is 30.2 Å². The zero-order valence-electron chi connectivity index (χ0n) is 11.8. The van der Waals surface area contributed by atoms with Gasteiger partial charge < -0.3 is 15.4 Å². The van der Waals surface area contributed by atoms with Crippen LogP contribution in [0, 0.1) is 0 Å². The number of hydrogen-bond donors (Lipinski definition) is 2. The summed E-state index contributed by atoms with van der Waals surface area (Å²) in [6.07, 6.45) is 1.33. The van der Waals surface area contributed by atoms with Crippen molar-refractivity contribution in [2.75, 3.05) is 18.5 Å². The standard InChI is InChI=1S/C15H20N2O3/c1-11(2)16-8-5-9-20-15(10-18)12-6-3-4-7-13(12)17-14(15)19/h3-4,6-7,10-11,16H,5,8-9H2,1-2H3,(H,17,19). The first-order valence-electron chi connectivity index (χ1n) is 6.85. The van der Waals surface area contributed by atoms with Gasteiger partial charge in [-0.05, 0) is 19.0 Å². The molecule has 108 valence electrons. The number of nitrogens with one attached hydrogen (secondary N) is 2. The Morgan fingerprint density at radius 1 is 1.40 bits per heavy atom. The number of amides is 1. The van der Waals surface area contributed by atoms with Crippen LogP contribution >= 0.6 is 0 Å². The van der Waals surface area contributed by atoms with Crippen LogP contribution in [0.4, 0.5) is 5.69 Å². The topological polar surface area (TPSA) is 67.4 Å². The van der Waals surface area contributed by atoms with Crippen LogP contribution in [0.25, 0.3) is 0 Å². The van der Waals surface area contributed by atoms with Gasteiger partial charge in [0.1, 0.15) is 0 Å². The summed E-state index contributed by atoms with van der Waals surface area (Å²) in [6.45, 7) is 5.26. The molecule has 0 radical (unpaired) electrons. The lowest BCUT2D eigenvalue weighted by atomic mass is 9.97. The van der Waals surface area contributed by atoms with Gasteiger partial charge in [0.05, 0.1) is 6.61 Å². The maximum atomic E-state index is 12.1. The molecular formula is C15H20N2O3. The number of ether oxygens (including phenoxy) is 1. The van der Waals surface area contributed by atoms with E-state index in [1.807, 2.05) is 6.07 Å². The van der Waals surface area contributed by atoms with Crippen LogP contribution < -0.4 is 10.6 Å². The van der Waals surface area contributed by atoms with E-state index in [4.69, 9.17) is 4.74 Å². The molecule has 1 aliphatic heterocycles. The summed E-state index contributed by atoms with van der Waals surface area (Å²) < 4.78 is 5.64. The van der Waals surface area contributed by atoms with Gasteiger partial charge >= 0.3 is 0 Å². The summed E-state index contributed by atoms with van der Waals surface area (Å²) in [4.78, 5) is 23.5. The van der Waals surface area contributed by atoms with E-state index >= 15 is 0 Å². The van der Waals surface area contributed by atoms with E-state index in [9.17, 15) is 9.59 Å². The van der Waals surface area contributed by atoms with Gasteiger partial charge in [-0.2, -0.15) is 0 Å². The molecule has 1 amide bonds. The second kappa shape index (κ2) is 6.15. The lowest BCUT2D eigenvalue weighted by molar-refractivity contribution is -0.148. The summed E-state index contributed by atoms with van der Waals surface area (Å²) in [7, 11) is 0. The number of hydrogen-bond acceptors (Lipinski definition) is 4. The number of para-hydroxylation sites is 1. The molecule has 0 saturated heterocycles. The average molecular weight is 276 g/mol. The lowest BCUT2D eigenvalue weighted by Crippen LogP contribution is -2.39. The van der Waals surface area contributed by atoms with E-state index in [1.54, 1.807) is 18.2 Å². The van der Waals surface area contributed by atoms with E-state index in [-0.39, 0.29) is 0 Å². The van der Waals surface area contributed by atoms with Crippen molar-refractivity contribution < 1.29 is 14.3 Å². The Hall–Kier alpha value is -1.72. The van der Waals surface area contributed by atoms with Crippen molar-refractivity contribution >= 4 is 17.9 Å². The first-order valence-corrected chi connectivity index (χ1v) is 6.85. The van der Waals surface area contributed by atoms with Gasteiger partial charge in [-0.3, -0.25) is 9.59 Å². The van der Waals surface area contributed by atoms with E-state index in [2.05, 4.69) is 24.5 Å². The molecule has 1 aromatic carbocycles. The third kappa shape index (κ3) is 2.73. The molecule has 1 aliphatic rings. The largest absolute Gasteiger partial charge is 0.354 e. The van der Waals surface area contributed by atoms with Crippen LogP contribution in [-0.2, 0) is 19.9 Å². The second-order valence-electron chi connectivity index (χ2n) is 5.16. The summed E-state index contributed by atoms with van der Waals surface area (Å²) in [5.74, 6) is -0.412. The maximum Gasteiger partial charge on any atom is 0.268 e. The SMILES string of the molecule is CC(C)NCCCOC1(C=O)C(=O)Nc2ccccc21. The highest BCUT2D eigenvalue weighted by molar-refractivity contribution is 6.14. The highest BCUT2D eigenvalue weighted by Gasteiger charge is 2.48. The number of fused-ring (bicyclic) bond motifs is 1. The van der Waals surface area contributed by atoms with Crippen molar-refractivity contribution in [3.63, 3.8) is 0 Å². The predicted molar refractivity (Wildman–Crippen MR) is 76.5 cm³/mol. The Bertz CT molecular complexity index is 502. The normalized spacial score (nSPS) is 20.9. The van der Waals surface area contributed by atoms with E-state index < -0.39 is 11.5 Å². The monoisotopic (exact) mass is 276 g/mol. The van der Waals surface area contributed by atoms with Crippen LogP contribution in [0.5, 0.6) is 0 Å². The van der Waals surface area contributed by atoms with Crippen LogP contribution in [0.3, 0.4) is 0 Å². The Morgan fingerprint density at radius 3 is 2.85 bits per heavy atom. The van der Waals surface area contributed by atoms with Gasteiger partial charge in [-0.15, -0.1) is 0 Å². The van der Waals surface area contributed by atoms with E-state index in [1.165, 1.54) is 0 Å². The zero-order valence-corrected chi connectivity index (χ0v) is 11.8. The number of carbonyl (C=O) groups is 2. The minimum atomic E-state index is -1.49. The summed E-state index contributed by atoms with van der Waals surface area (Å²) in [5, 5.41) is 5.95. The Morgan fingerprint density at radius 2 is 2.15 bits per heavy atom. The molecule has 20 heavy (non-hydrogen) atoms. The number of carbonyl (C=O) groups excluding carboxylic acids is 2. The number of benzene rings is 1. The van der Waals surface area contributed by atoms with Gasteiger partial charge in [0, 0.05) is 17.3 Å². The third-order valence-electron chi connectivity index (χ3n) is 3.28. The van der Waals surface area contributed by atoms with Crippen LogP contribution in [0.2, 0.25) is 0 Å². The summed E-state index contributed by atoms with van der Waals surface area (Å²) >= 11 is 0. The molecule has 2 N–H and O–H groups in total. The van der Waals surface area contributed by atoms with Crippen LogP contribution in [0.15, 0.2) is 24.3 Å². The molecule has 0 spiro atoms. The highest BCUT2D eigenvalue weighted by atomic mass is 16.5. The molecule has 1 atom stereocenters. The quantitative estimate of drug-likeness (QED) is 0.449. The molecule has 0 aromatic heterocycles. The number of aldehydes is 1. The third-order valence-corrected chi connectivity index (χ3v) is 3.28. The van der Waals surface area contributed by atoms with Gasteiger partial charge in [0.15, 0.2) is 6.29 Å². The molecule has 1 aromatic rings. The molecule has 0 bridgehead atoms. The van der Waals surface area contributed by atoms with Gasteiger partial charge in [-0.1, -0.05) is 32.0 Å². The summed E-state index contributed by atoms with van der Waals surface area (Å²) in [6, 6.07) is 7.52. The summed E-state index contributed by atoms with van der Waals surface area (Å²) in [5.41, 5.74) is -0.254. The first kappa shape index (κ1) is 14.7. The Balaban J connectivity index is 2.03. The van der Waals surface area contributed by atoms with Crippen molar-refractivity contribution in [1.29, 1.82) is 0 Å². The maximum absolute atomic E-state index is 12.1. The van der Waals surface area contributed by atoms with Crippen molar-refractivity contribution in [3.05, 3.63) is 29.8 Å². The Labute approximate surface area is 118 Å². The fourth-order valence-corrected chi connectivity index (χ4v) is 2.24. The highest BCUT2D eigenvalue weighted by Crippen LogP contribution is 2.37. The lowest BCUT2D eigenvalue weighted by Gasteiger charge is -2.21. The van der Waals surface area contributed by atoms with Crippen molar-refractivity contribution in [1.82, 2.24) is 5.32 Å². The molecule has 1 unspecified atom stereocenters. The minimum absolute atomic E-state index is 0.347. The second-order valence-corrected chi connectivity index (χ2v) is 5.16. The van der Waals surface area contributed by atoms with Crippen LogP contribution in [-0.4, -0.2) is 31.4 Å². The number of anilines is 1. The van der Waals surface area contributed by atoms with Gasteiger partial charge in [-0.25, -0.2) is 0 Å². The predicted octanol–water partition coefficient (Wildman–Crippen LogP) is 1.44. The molecule has 1 heterocycles.